The molecular weight excluding hydrogens is 680 g/mol. The number of esters is 2. The average Bonchev–Trinajstić information content (AvgIpc) is 3.63. The number of carbonyl (C=O) groups excluding carboxylic acids is 3. The van der Waals surface area contributed by atoms with Crippen molar-refractivity contribution in [3.63, 3.8) is 0 Å². The number of allylic oxidation sites excluding steroid dienone is 13. The Morgan fingerprint density at radius 2 is 1.43 bits per heavy atom. The molecule has 0 aromatic heterocycles. The maximum absolute atomic E-state index is 13.7. The van der Waals surface area contributed by atoms with E-state index >= 15 is 0 Å². The van der Waals surface area contributed by atoms with Gasteiger partial charge in [-0.2, -0.15) is 0 Å². The van der Waals surface area contributed by atoms with Gasteiger partial charge in [-0.1, -0.05) is 107 Å². The second kappa shape index (κ2) is 18.2. The van der Waals surface area contributed by atoms with E-state index in [1.165, 1.54) is 6.92 Å². The molecule has 2 unspecified atom stereocenters. The van der Waals surface area contributed by atoms with Crippen LogP contribution in [-0.4, -0.2) is 63.6 Å². The molecule has 54 heavy (non-hydrogen) atoms. The van der Waals surface area contributed by atoms with E-state index in [0.717, 1.165) is 22.3 Å². The van der Waals surface area contributed by atoms with E-state index in [1.807, 2.05) is 117 Å². The van der Waals surface area contributed by atoms with Crippen LogP contribution in [-0.2, 0) is 28.6 Å². The van der Waals surface area contributed by atoms with Crippen molar-refractivity contribution in [2.24, 2.45) is 10.8 Å². The molecule has 0 radical (unpaired) electrons. The third-order valence-corrected chi connectivity index (χ3v) is 10.8. The van der Waals surface area contributed by atoms with Gasteiger partial charge in [-0.3, -0.25) is 14.4 Å². The quantitative estimate of drug-likeness (QED) is 0.0560. The van der Waals surface area contributed by atoms with Crippen LogP contribution in [0.3, 0.4) is 0 Å². The molecule has 8 nitrogen and oxygen atoms in total. The summed E-state index contributed by atoms with van der Waals surface area (Å²) < 4.78 is 17.1. The van der Waals surface area contributed by atoms with Gasteiger partial charge in [-0.25, -0.2) is 0 Å². The monoisotopic (exact) mass is 744 g/mol. The fourth-order valence-electron chi connectivity index (χ4n) is 8.27. The number of ketones is 1. The Morgan fingerprint density at radius 1 is 0.833 bits per heavy atom. The Morgan fingerprint density at radius 3 is 1.98 bits per heavy atom. The first kappa shape index (κ1) is 44.6. The lowest BCUT2D eigenvalue weighted by Crippen LogP contribution is -2.48. The Labute approximate surface area is 323 Å². The van der Waals surface area contributed by atoms with Gasteiger partial charge in [0.05, 0.1) is 17.3 Å². The summed E-state index contributed by atoms with van der Waals surface area (Å²) in [7, 11) is 0. The minimum atomic E-state index is -1.13. The highest BCUT2D eigenvalue weighted by atomic mass is 16.6. The number of Topliss-reactive ketones (excluding diaryl/α,β-unsaturated/α-hetero) is 1. The number of hydrogen-bond acceptors (Lipinski definition) is 8. The Balaban J connectivity index is 1.64. The van der Waals surface area contributed by atoms with Crippen molar-refractivity contribution in [3.8, 4) is 0 Å². The molecule has 2 N–H and O–H groups in total. The summed E-state index contributed by atoms with van der Waals surface area (Å²) in [6.45, 7) is 21.1. The Bertz CT molecular complexity index is 1680. The van der Waals surface area contributed by atoms with Gasteiger partial charge in [0.1, 0.15) is 18.3 Å². The smallest absolute Gasteiger partial charge is 0.306 e. The number of rotatable bonds is 15. The van der Waals surface area contributed by atoms with Gasteiger partial charge < -0.3 is 24.4 Å². The zero-order valence-electron chi connectivity index (χ0n) is 34.5. The van der Waals surface area contributed by atoms with Crippen molar-refractivity contribution in [3.05, 3.63) is 100 Å². The second-order valence-corrected chi connectivity index (χ2v) is 17.1. The molecule has 0 aromatic carbocycles. The van der Waals surface area contributed by atoms with Crippen LogP contribution in [0.25, 0.3) is 0 Å². The molecule has 2 saturated carbocycles. The van der Waals surface area contributed by atoms with Crippen molar-refractivity contribution in [1.82, 2.24) is 0 Å². The van der Waals surface area contributed by atoms with Crippen molar-refractivity contribution >= 4 is 17.7 Å². The van der Waals surface area contributed by atoms with Crippen LogP contribution in [0.2, 0.25) is 0 Å². The standard InChI is InChI=1S/C46H64O8/c1-12-17-41(50)52-31-36(39(49)30-46-43(8,9)26-37(48)27-45(46,11)54-46)23-16-22-33(3)19-14-13-18-32(2)20-15-21-34(4)24-25-40-42(6,7)28-38(53-35(5)47)29-44(40,10)51/h13-16,18-24,37-38,48,51H,12,17,26-31H2,1-11H3/b14-13+,20-15+,22-16+,32-18+,33-19+,34-21+,36-23-/t25?,37-,38?,44?,45+,46-/m0/s1. The first-order valence-corrected chi connectivity index (χ1v) is 19.2. The van der Waals surface area contributed by atoms with Gasteiger partial charge in [-0.15, -0.1) is 5.73 Å². The molecule has 8 heteroatoms. The SMILES string of the molecule is CCCC(=O)OC/C(=C/C=C/C(C)=C/C=C/C=C(C)/C=C/C=C(\C)C=C=C1C(C)(C)CC(OC(C)=O)CC1(C)O)C(=O)C[C@@]12O[C@]1(C)C[C@@H](O)CC2(C)C. The van der Waals surface area contributed by atoms with E-state index in [1.54, 1.807) is 19.1 Å². The van der Waals surface area contributed by atoms with Gasteiger partial charge in [0, 0.05) is 43.8 Å². The minimum absolute atomic E-state index is 0.0967. The molecule has 2 aliphatic carbocycles. The predicted octanol–water partition coefficient (Wildman–Crippen LogP) is 9.02. The van der Waals surface area contributed by atoms with Crippen LogP contribution in [0.15, 0.2) is 100 Å². The zero-order chi connectivity index (χ0) is 40.5. The van der Waals surface area contributed by atoms with E-state index in [2.05, 4.69) is 5.73 Å². The Kier molecular flexibility index (Phi) is 15.0. The third-order valence-electron chi connectivity index (χ3n) is 10.8. The third kappa shape index (κ3) is 11.8. The number of ether oxygens (including phenoxy) is 3. The van der Waals surface area contributed by atoms with E-state index in [4.69, 9.17) is 14.2 Å². The Hall–Kier alpha value is -3.81. The summed E-state index contributed by atoms with van der Waals surface area (Å²) in [5.41, 5.74) is 4.46. The van der Waals surface area contributed by atoms with Crippen molar-refractivity contribution < 1.29 is 38.8 Å². The van der Waals surface area contributed by atoms with E-state index < -0.39 is 22.9 Å². The highest BCUT2D eigenvalue weighted by Gasteiger charge is 2.76. The molecule has 1 aliphatic heterocycles. The first-order chi connectivity index (χ1) is 25.1. The molecule has 1 heterocycles. The topological polar surface area (TPSA) is 123 Å². The van der Waals surface area contributed by atoms with E-state index in [9.17, 15) is 24.6 Å². The summed E-state index contributed by atoms with van der Waals surface area (Å²) in [6, 6.07) is 0. The van der Waals surface area contributed by atoms with Gasteiger partial charge in [0.2, 0.25) is 0 Å². The van der Waals surface area contributed by atoms with Crippen molar-refractivity contribution in [2.45, 2.75) is 150 Å². The van der Waals surface area contributed by atoms with Crippen molar-refractivity contribution in [1.29, 1.82) is 0 Å². The molecule has 0 aromatic rings. The average molecular weight is 745 g/mol. The molecule has 5 atom stereocenters. The van der Waals surface area contributed by atoms with Crippen LogP contribution in [0.4, 0.5) is 0 Å². The number of carbonyl (C=O) groups is 3. The summed E-state index contributed by atoms with van der Waals surface area (Å²) in [6.07, 6.45) is 23.5. The van der Waals surface area contributed by atoms with E-state index in [-0.39, 0.29) is 47.7 Å². The van der Waals surface area contributed by atoms with Gasteiger partial charge in [-0.05, 0) is 76.4 Å². The van der Waals surface area contributed by atoms with Gasteiger partial charge in [0.15, 0.2) is 5.78 Å². The second-order valence-electron chi connectivity index (χ2n) is 17.1. The molecule has 3 rings (SSSR count). The zero-order valence-corrected chi connectivity index (χ0v) is 34.5. The summed E-state index contributed by atoms with van der Waals surface area (Å²) in [5, 5.41) is 21.6. The van der Waals surface area contributed by atoms with Gasteiger partial charge in [0.25, 0.3) is 0 Å². The lowest BCUT2D eigenvalue weighted by molar-refractivity contribution is -0.152. The molecule has 1 saturated heterocycles. The number of epoxide rings is 1. The lowest BCUT2D eigenvalue weighted by Gasteiger charge is -2.44. The normalized spacial score (nSPS) is 30.0. The van der Waals surface area contributed by atoms with Crippen molar-refractivity contribution in [2.75, 3.05) is 6.61 Å². The first-order valence-electron chi connectivity index (χ1n) is 19.2. The molecule has 3 fully saturated rings. The fourth-order valence-corrected chi connectivity index (χ4v) is 8.27. The summed E-state index contributed by atoms with van der Waals surface area (Å²) in [4.78, 5) is 37.3. The highest BCUT2D eigenvalue weighted by molar-refractivity contribution is 5.97. The van der Waals surface area contributed by atoms with Crippen LogP contribution in [0.5, 0.6) is 0 Å². The predicted molar refractivity (Wildman–Crippen MR) is 214 cm³/mol. The molecule has 0 bridgehead atoms. The fraction of sp³-hybridized carbons (Fsp3) is 0.565. The van der Waals surface area contributed by atoms with Gasteiger partial charge >= 0.3 is 11.9 Å². The molecule has 3 aliphatic rings. The van der Waals surface area contributed by atoms with Crippen LogP contribution in [0.1, 0.15) is 121 Å². The molecular formula is C46H64O8. The lowest BCUT2D eigenvalue weighted by atomic mass is 9.61. The number of aliphatic hydroxyl groups is 2. The molecule has 0 amide bonds. The van der Waals surface area contributed by atoms with E-state index in [0.29, 0.717) is 44.1 Å². The maximum Gasteiger partial charge on any atom is 0.306 e. The highest BCUT2D eigenvalue weighted by Crippen LogP contribution is 2.67. The molecule has 296 valence electrons. The minimum Gasteiger partial charge on any atom is -0.462 e. The van der Waals surface area contributed by atoms with Crippen LogP contribution in [0, 0.1) is 10.8 Å². The maximum atomic E-state index is 13.7. The number of aliphatic hydroxyl groups excluding tert-OH is 1. The van der Waals surface area contributed by atoms with Crippen LogP contribution >= 0.6 is 0 Å². The molecule has 0 spiro atoms. The summed E-state index contributed by atoms with van der Waals surface area (Å²) >= 11 is 0. The number of fused-ring (bicyclic) bond motifs is 1. The summed E-state index contributed by atoms with van der Waals surface area (Å²) in [5.74, 6) is -0.793. The van der Waals surface area contributed by atoms with Crippen LogP contribution < -0.4 is 0 Å². The largest absolute Gasteiger partial charge is 0.462 e. The number of hydrogen-bond donors (Lipinski definition) is 2.